The average Bonchev–Trinajstić information content (AvgIpc) is 2.83. The van der Waals surface area contributed by atoms with E-state index in [1.165, 1.54) is 27.8 Å². The quantitative estimate of drug-likeness (QED) is 0.670. The van der Waals surface area contributed by atoms with E-state index in [1.54, 1.807) is 10.9 Å². The zero-order valence-corrected chi connectivity index (χ0v) is 11.6. The highest BCUT2D eigenvalue weighted by Gasteiger charge is 2.20. The normalized spacial score (nSPS) is 14.8. The van der Waals surface area contributed by atoms with Gasteiger partial charge >= 0.3 is 0 Å². The van der Waals surface area contributed by atoms with E-state index in [-0.39, 0.29) is 0 Å². The summed E-state index contributed by atoms with van der Waals surface area (Å²) in [4.78, 5) is 0. The predicted octanol–water partition coefficient (Wildman–Crippen LogP) is 4.82. The van der Waals surface area contributed by atoms with Gasteiger partial charge in [-0.3, -0.25) is 0 Å². The molecule has 1 unspecified atom stereocenters. The lowest BCUT2D eigenvalue weighted by Gasteiger charge is -2.04. The van der Waals surface area contributed by atoms with Crippen molar-refractivity contribution in [1.82, 2.24) is 0 Å². The van der Waals surface area contributed by atoms with Crippen molar-refractivity contribution in [2.45, 2.75) is 27.2 Å². The summed E-state index contributed by atoms with van der Waals surface area (Å²) < 4.78 is 0. The molecule has 1 aromatic heterocycles. The molecule has 0 fully saturated rings. The Morgan fingerprint density at radius 2 is 1.82 bits per heavy atom. The molecule has 0 saturated heterocycles. The van der Waals surface area contributed by atoms with Crippen LogP contribution in [0.4, 0.5) is 0 Å². The Morgan fingerprint density at radius 1 is 1.06 bits per heavy atom. The van der Waals surface area contributed by atoms with Crippen LogP contribution in [0.15, 0.2) is 30.1 Å². The van der Waals surface area contributed by atoms with Crippen molar-refractivity contribution >= 4 is 19.3 Å². The molecule has 17 heavy (non-hydrogen) atoms. The van der Waals surface area contributed by atoms with Crippen LogP contribution in [0.25, 0.3) is 11.1 Å². The first kappa shape index (κ1) is 10.9. The number of allylic oxidation sites excluding steroid dienone is 2. The lowest BCUT2D eigenvalue weighted by atomic mass is 10.0. The van der Waals surface area contributed by atoms with Gasteiger partial charge in [0.25, 0.3) is 0 Å². The van der Waals surface area contributed by atoms with Crippen LogP contribution < -0.4 is 0 Å². The van der Waals surface area contributed by atoms with Crippen LogP contribution in [0.5, 0.6) is 0 Å². The molecule has 1 heterocycles. The van der Waals surface area contributed by atoms with Gasteiger partial charge in [-0.2, -0.15) is 0 Å². The van der Waals surface area contributed by atoms with Gasteiger partial charge in [-0.05, 0) is 71.7 Å². The van der Waals surface area contributed by atoms with Gasteiger partial charge in [0.05, 0.1) is 0 Å². The second-order valence-electron chi connectivity index (χ2n) is 4.91. The molecule has 0 amide bonds. The van der Waals surface area contributed by atoms with Crippen LogP contribution in [-0.2, 0) is 6.42 Å². The molecule has 1 aliphatic rings. The number of hydrogen-bond acceptors (Lipinski definition) is 0. The minimum Gasteiger partial charge on any atom is -0.131 e. The third-order valence-corrected chi connectivity index (χ3v) is 5.49. The largest absolute Gasteiger partial charge is 0.131 e. The standard InChI is InChI=1S/C16H17P/c1-10-9-17-16(11(10)2)15-8-13-6-4-5-7-14(13)12(15)3/h4-7,9,17H,8H2,1-3H3. The second kappa shape index (κ2) is 3.89. The highest BCUT2D eigenvalue weighted by Crippen LogP contribution is 2.43. The summed E-state index contributed by atoms with van der Waals surface area (Å²) in [7, 11) is 0.868. The van der Waals surface area contributed by atoms with E-state index < -0.39 is 0 Å². The Balaban J connectivity index is 2.14. The summed E-state index contributed by atoms with van der Waals surface area (Å²) in [6.45, 7) is 6.78. The zero-order chi connectivity index (χ0) is 12.0. The molecule has 0 saturated carbocycles. The van der Waals surface area contributed by atoms with Crippen molar-refractivity contribution in [3.8, 4) is 0 Å². The molecule has 1 aliphatic carbocycles. The highest BCUT2D eigenvalue weighted by molar-refractivity contribution is 7.31. The Hall–Kier alpha value is -1.26. The lowest BCUT2D eigenvalue weighted by Crippen LogP contribution is -1.85. The molecule has 0 radical (unpaired) electrons. The fourth-order valence-electron chi connectivity index (χ4n) is 2.71. The third-order valence-electron chi connectivity index (χ3n) is 3.94. The van der Waals surface area contributed by atoms with E-state index >= 15 is 0 Å². The number of benzene rings is 1. The minimum absolute atomic E-state index is 0.868. The summed E-state index contributed by atoms with van der Waals surface area (Å²) in [5, 5.41) is 1.59. The van der Waals surface area contributed by atoms with Gasteiger partial charge in [0.1, 0.15) is 0 Å². The van der Waals surface area contributed by atoms with Gasteiger partial charge in [-0.1, -0.05) is 24.3 Å². The summed E-state index contributed by atoms with van der Waals surface area (Å²) in [5.41, 5.74) is 8.99. The molecule has 2 aromatic rings. The SMILES string of the molecule is CC1=C(c2[pH]cc(C)c2C)Cc2ccccc21. The summed E-state index contributed by atoms with van der Waals surface area (Å²) in [6.07, 6.45) is 1.13. The van der Waals surface area contributed by atoms with E-state index in [0.717, 1.165) is 14.6 Å². The van der Waals surface area contributed by atoms with Gasteiger partial charge in [0.2, 0.25) is 0 Å². The van der Waals surface area contributed by atoms with E-state index in [1.807, 2.05) is 0 Å². The van der Waals surface area contributed by atoms with Crippen LogP contribution in [0.3, 0.4) is 0 Å². The number of fused-ring (bicyclic) bond motifs is 1. The van der Waals surface area contributed by atoms with Gasteiger partial charge in [-0.15, -0.1) is 8.19 Å². The van der Waals surface area contributed by atoms with E-state index in [2.05, 4.69) is 50.8 Å². The number of hydrogen-bond donors (Lipinski definition) is 0. The van der Waals surface area contributed by atoms with Gasteiger partial charge in [0, 0.05) is 0 Å². The fourth-order valence-corrected chi connectivity index (χ4v) is 4.15. The first-order chi connectivity index (χ1) is 8.18. The maximum atomic E-state index is 2.38. The Morgan fingerprint density at radius 3 is 2.47 bits per heavy atom. The van der Waals surface area contributed by atoms with Crippen molar-refractivity contribution in [2.75, 3.05) is 0 Å². The minimum atomic E-state index is 0.868. The Kier molecular flexibility index (Phi) is 2.49. The highest BCUT2D eigenvalue weighted by atomic mass is 31.0. The molecular weight excluding hydrogens is 223 g/mol. The van der Waals surface area contributed by atoms with Crippen molar-refractivity contribution in [1.29, 1.82) is 0 Å². The Bertz CT molecular complexity index is 614. The molecule has 0 nitrogen and oxygen atoms in total. The van der Waals surface area contributed by atoms with Gasteiger partial charge < -0.3 is 0 Å². The topological polar surface area (TPSA) is 0 Å². The van der Waals surface area contributed by atoms with E-state index in [9.17, 15) is 0 Å². The molecule has 1 atom stereocenters. The molecule has 3 rings (SSSR count). The Labute approximate surface area is 104 Å². The van der Waals surface area contributed by atoms with Crippen molar-refractivity contribution < 1.29 is 0 Å². The fraction of sp³-hybridized carbons (Fsp3) is 0.250. The van der Waals surface area contributed by atoms with E-state index in [4.69, 9.17) is 0 Å². The lowest BCUT2D eigenvalue weighted by molar-refractivity contribution is 1.31. The summed E-state index contributed by atoms with van der Waals surface area (Å²) in [6, 6.07) is 8.82. The monoisotopic (exact) mass is 240 g/mol. The van der Waals surface area contributed by atoms with Crippen LogP contribution >= 0.6 is 8.19 Å². The molecular formula is C16H17P. The summed E-state index contributed by atoms with van der Waals surface area (Å²) >= 11 is 0. The molecule has 0 spiro atoms. The smallest absolute Gasteiger partial charge is 0.000765 e. The molecule has 1 aromatic carbocycles. The van der Waals surface area contributed by atoms with Crippen molar-refractivity contribution in [2.24, 2.45) is 0 Å². The van der Waals surface area contributed by atoms with Crippen LogP contribution in [0.1, 0.15) is 34.5 Å². The number of rotatable bonds is 1. The average molecular weight is 240 g/mol. The summed E-state index contributed by atoms with van der Waals surface area (Å²) in [5.74, 6) is 2.38. The number of aryl methyl sites for hydroxylation is 1. The molecule has 0 aliphatic heterocycles. The molecule has 86 valence electrons. The first-order valence-electron chi connectivity index (χ1n) is 6.11. The van der Waals surface area contributed by atoms with Crippen LogP contribution in [-0.4, -0.2) is 0 Å². The molecule has 0 N–H and O–H groups in total. The van der Waals surface area contributed by atoms with Crippen molar-refractivity contribution in [3.63, 3.8) is 0 Å². The first-order valence-corrected chi connectivity index (χ1v) is 7.19. The van der Waals surface area contributed by atoms with Gasteiger partial charge in [-0.25, -0.2) is 0 Å². The molecule has 1 heteroatoms. The van der Waals surface area contributed by atoms with Crippen molar-refractivity contribution in [3.05, 3.63) is 57.6 Å². The molecule has 0 bridgehead atoms. The second-order valence-corrected chi connectivity index (χ2v) is 5.99. The zero-order valence-electron chi connectivity index (χ0n) is 10.6. The van der Waals surface area contributed by atoms with Crippen LogP contribution in [0.2, 0.25) is 0 Å². The maximum Gasteiger partial charge on any atom is -0.000765 e. The van der Waals surface area contributed by atoms with E-state index in [0.29, 0.717) is 0 Å². The van der Waals surface area contributed by atoms with Gasteiger partial charge in [0.15, 0.2) is 0 Å². The predicted molar refractivity (Wildman–Crippen MR) is 78.1 cm³/mol. The third kappa shape index (κ3) is 1.59. The van der Waals surface area contributed by atoms with Crippen LogP contribution in [0, 0.1) is 13.8 Å². The maximum absolute atomic E-state index is 2.38.